The van der Waals surface area contributed by atoms with Gasteiger partial charge in [-0.25, -0.2) is 0 Å². The van der Waals surface area contributed by atoms with Gasteiger partial charge in [0.25, 0.3) is 0 Å². The highest BCUT2D eigenvalue weighted by Gasteiger charge is 2.21. The van der Waals surface area contributed by atoms with Crippen LogP contribution in [-0.4, -0.2) is 62.0 Å². The van der Waals surface area contributed by atoms with Crippen LogP contribution in [0, 0.1) is 5.92 Å². The standard InChI is InChI=1S/C14H22N2O2.BrH/c1-15(2)9-12(10-16(3)4)14(18)11-5-7-13(17)8-6-11;/h5-8,12,17H,9-10H2,1-4H3;1H. The number of ketones is 1. The van der Waals surface area contributed by atoms with Crippen LogP contribution in [0.15, 0.2) is 24.3 Å². The van der Waals surface area contributed by atoms with Gasteiger partial charge in [0.2, 0.25) is 0 Å². The summed E-state index contributed by atoms with van der Waals surface area (Å²) in [5.74, 6) is 0.250. The lowest BCUT2D eigenvalue weighted by Crippen LogP contribution is -2.35. The topological polar surface area (TPSA) is 43.8 Å². The molecule has 1 aromatic carbocycles. The summed E-state index contributed by atoms with van der Waals surface area (Å²) in [6.45, 7) is 1.44. The highest BCUT2D eigenvalue weighted by Crippen LogP contribution is 2.15. The molecular formula is C14H23BrN2O2. The van der Waals surface area contributed by atoms with Crippen LogP contribution in [0.5, 0.6) is 5.75 Å². The normalized spacial score (nSPS) is 10.9. The lowest BCUT2D eigenvalue weighted by atomic mass is 9.96. The molecule has 0 atom stereocenters. The molecule has 108 valence electrons. The van der Waals surface area contributed by atoms with Crippen LogP contribution in [0.25, 0.3) is 0 Å². The average molecular weight is 331 g/mol. The number of phenols is 1. The van der Waals surface area contributed by atoms with Gasteiger partial charge in [-0.05, 0) is 52.5 Å². The maximum Gasteiger partial charge on any atom is 0.168 e. The van der Waals surface area contributed by atoms with Gasteiger partial charge in [-0.2, -0.15) is 0 Å². The summed E-state index contributed by atoms with van der Waals surface area (Å²) in [5, 5.41) is 9.24. The molecule has 0 aliphatic rings. The highest BCUT2D eigenvalue weighted by molar-refractivity contribution is 8.93. The van der Waals surface area contributed by atoms with Gasteiger partial charge in [0.15, 0.2) is 5.78 Å². The van der Waals surface area contributed by atoms with E-state index in [9.17, 15) is 9.90 Å². The molecule has 4 nitrogen and oxygen atoms in total. The third-order valence-corrected chi connectivity index (χ3v) is 2.69. The van der Waals surface area contributed by atoms with Crippen LogP contribution < -0.4 is 0 Å². The number of aromatic hydroxyl groups is 1. The number of Topliss-reactive ketones (excluding diaryl/α,β-unsaturated/α-hetero) is 1. The Morgan fingerprint density at radius 3 is 1.84 bits per heavy atom. The summed E-state index contributed by atoms with van der Waals surface area (Å²) in [6, 6.07) is 6.46. The van der Waals surface area contributed by atoms with Crippen LogP contribution in [0.1, 0.15) is 10.4 Å². The molecule has 0 unspecified atom stereocenters. The third kappa shape index (κ3) is 6.18. The molecule has 0 amide bonds. The van der Waals surface area contributed by atoms with Crippen LogP contribution in [0.4, 0.5) is 0 Å². The minimum absolute atomic E-state index is 0. The molecule has 0 saturated carbocycles. The Morgan fingerprint density at radius 2 is 1.47 bits per heavy atom. The lowest BCUT2D eigenvalue weighted by Gasteiger charge is -2.23. The summed E-state index contributed by atoms with van der Waals surface area (Å²) in [4.78, 5) is 16.4. The van der Waals surface area contributed by atoms with Crippen molar-refractivity contribution in [3.05, 3.63) is 29.8 Å². The molecule has 0 aliphatic carbocycles. The Morgan fingerprint density at radius 1 is 1.05 bits per heavy atom. The number of nitrogens with zero attached hydrogens (tertiary/aromatic N) is 2. The Kier molecular flexibility index (Phi) is 7.90. The summed E-state index contributed by atoms with van der Waals surface area (Å²) in [5.41, 5.74) is 0.654. The molecule has 0 saturated heterocycles. The predicted molar refractivity (Wildman–Crippen MR) is 83.4 cm³/mol. The van der Waals surface area contributed by atoms with Crippen molar-refractivity contribution in [1.82, 2.24) is 9.80 Å². The van der Waals surface area contributed by atoms with E-state index in [2.05, 4.69) is 0 Å². The molecule has 1 N–H and O–H groups in total. The fourth-order valence-corrected chi connectivity index (χ4v) is 1.97. The van der Waals surface area contributed by atoms with Gasteiger partial charge < -0.3 is 14.9 Å². The van der Waals surface area contributed by atoms with Crippen molar-refractivity contribution in [3.8, 4) is 5.75 Å². The smallest absolute Gasteiger partial charge is 0.168 e. The number of rotatable bonds is 6. The molecule has 1 rings (SSSR count). The van der Waals surface area contributed by atoms with Gasteiger partial charge in [0.05, 0.1) is 0 Å². The second-order valence-electron chi connectivity index (χ2n) is 5.13. The zero-order valence-electron chi connectivity index (χ0n) is 12.0. The quantitative estimate of drug-likeness (QED) is 0.809. The third-order valence-electron chi connectivity index (χ3n) is 2.69. The van der Waals surface area contributed by atoms with E-state index < -0.39 is 0 Å². The molecular weight excluding hydrogens is 308 g/mol. The molecule has 0 radical (unpaired) electrons. The SMILES string of the molecule is Br.CN(C)CC(CN(C)C)C(=O)c1ccc(O)cc1. The van der Waals surface area contributed by atoms with E-state index in [4.69, 9.17) is 0 Å². The number of carbonyl (C=O) groups excluding carboxylic acids is 1. The van der Waals surface area contributed by atoms with Gasteiger partial charge in [0.1, 0.15) is 5.75 Å². The molecule has 0 heterocycles. The zero-order chi connectivity index (χ0) is 13.7. The second-order valence-corrected chi connectivity index (χ2v) is 5.13. The summed E-state index contributed by atoms with van der Waals surface area (Å²) < 4.78 is 0. The molecule has 5 heteroatoms. The van der Waals surface area contributed by atoms with E-state index in [1.807, 2.05) is 38.0 Å². The minimum Gasteiger partial charge on any atom is -0.508 e. The highest BCUT2D eigenvalue weighted by atomic mass is 79.9. The van der Waals surface area contributed by atoms with Crippen molar-refractivity contribution in [2.24, 2.45) is 5.92 Å². The molecule has 0 aliphatic heterocycles. The maximum atomic E-state index is 12.4. The Labute approximate surface area is 125 Å². The number of hydrogen-bond acceptors (Lipinski definition) is 4. The molecule has 0 aromatic heterocycles. The first-order valence-corrected chi connectivity index (χ1v) is 6.03. The van der Waals surface area contributed by atoms with Crippen LogP contribution in [0.3, 0.4) is 0 Å². The van der Waals surface area contributed by atoms with E-state index in [1.54, 1.807) is 24.3 Å². The molecule has 1 aromatic rings. The van der Waals surface area contributed by atoms with Crippen molar-refractivity contribution >= 4 is 22.8 Å². The van der Waals surface area contributed by atoms with Crippen LogP contribution in [0.2, 0.25) is 0 Å². The monoisotopic (exact) mass is 330 g/mol. The zero-order valence-corrected chi connectivity index (χ0v) is 13.7. The van der Waals surface area contributed by atoms with Crippen LogP contribution >= 0.6 is 17.0 Å². The number of benzene rings is 1. The number of halogens is 1. The fraction of sp³-hybridized carbons (Fsp3) is 0.500. The van der Waals surface area contributed by atoms with Crippen molar-refractivity contribution in [1.29, 1.82) is 0 Å². The largest absolute Gasteiger partial charge is 0.508 e. The number of carbonyl (C=O) groups is 1. The van der Waals surface area contributed by atoms with Gasteiger partial charge in [-0.15, -0.1) is 17.0 Å². The van der Waals surface area contributed by atoms with Gasteiger partial charge >= 0.3 is 0 Å². The average Bonchev–Trinajstić information content (AvgIpc) is 2.27. The van der Waals surface area contributed by atoms with E-state index in [0.29, 0.717) is 5.56 Å². The van der Waals surface area contributed by atoms with Gasteiger partial charge in [0, 0.05) is 24.6 Å². The first-order chi connectivity index (χ1) is 8.40. The number of phenolic OH excluding ortho intramolecular Hbond substituents is 1. The minimum atomic E-state index is -0.0560. The summed E-state index contributed by atoms with van der Waals surface area (Å²) >= 11 is 0. The molecule has 19 heavy (non-hydrogen) atoms. The lowest BCUT2D eigenvalue weighted by molar-refractivity contribution is 0.0871. The fourth-order valence-electron chi connectivity index (χ4n) is 1.97. The summed E-state index contributed by atoms with van der Waals surface area (Å²) in [6.07, 6.45) is 0. The number of hydrogen-bond donors (Lipinski definition) is 1. The first kappa shape index (κ1) is 18.1. The van der Waals surface area contributed by atoms with Crippen molar-refractivity contribution in [2.45, 2.75) is 0 Å². The Hall–Kier alpha value is -0.910. The Balaban J connectivity index is 0.00000324. The van der Waals surface area contributed by atoms with E-state index in [-0.39, 0.29) is 34.4 Å². The predicted octanol–water partition coefficient (Wildman–Crippen LogP) is 1.89. The maximum absolute atomic E-state index is 12.4. The van der Waals surface area contributed by atoms with Gasteiger partial charge in [-0.3, -0.25) is 4.79 Å². The molecule has 0 fully saturated rings. The van der Waals surface area contributed by atoms with Crippen molar-refractivity contribution < 1.29 is 9.90 Å². The molecule has 0 spiro atoms. The molecule has 0 bridgehead atoms. The van der Waals surface area contributed by atoms with E-state index >= 15 is 0 Å². The summed E-state index contributed by atoms with van der Waals surface area (Å²) in [7, 11) is 7.86. The Bertz CT molecular complexity index is 381. The second kappa shape index (κ2) is 8.30. The van der Waals surface area contributed by atoms with E-state index in [1.165, 1.54) is 0 Å². The first-order valence-electron chi connectivity index (χ1n) is 6.03. The van der Waals surface area contributed by atoms with E-state index in [0.717, 1.165) is 13.1 Å². The van der Waals surface area contributed by atoms with Crippen LogP contribution in [-0.2, 0) is 0 Å². The van der Waals surface area contributed by atoms with Crippen molar-refractivity contribution in [2.75, 3.05) is 41.3 Å². The van der Waals surface area contributed by atoms with Crippen molar-refractivity contribution in [3.63, 3.8) is 0 Å². The van der Waals surface area contributed by atoms with Gasteiger partial charge in [-0.1, -0.05) is 0 Å².